The number of aromatic nitrogens is 1. The van der Waals surface area contributed by atoms with Crippen LogP contribution in [-0.2, 0) is 16.3 Å². The highest BCUT2D eigenvalue weighted by Gasteiger charge is 2.37. The van der Waals surface area contributed by atoms with Crippen LogP contribution in [-0.4, -0.2) is 25.0 Å². The van der Waals surface area contributed by atoms with Gasteiger partial charge in [0.1, 0.15) is 15.9 Å². The van der Waals surface area contributed by atoms with Crippen LogP contribution in [0.1, 0.15) is 42.0 Å². The fraction of sp³-hybridized carbons (Fsp3) is 0.300. The van der Waals surface area contributed by atoms with Crippen molar-refractivity contribution in [2.24, 2.45) is 0 Å². The lowest BCUT2D eigenvalue weighted by Crippen LogP contribution is -2.32. The Bertz CT molecular complexity index is 1330. The van der Waals surface area contributed by atoms with Crippen LogP contribution in [0, 0.1) is 0 Å². The predicted molar refractivity (Wildman–Crippen MR) is 104 cm³/mol. The molecule has 0 spiro atoms. The third kappa shape index (κ3) is 3.79. The summed E-state index contributed by atoms with van der Waals surface area (Å²) >= 11 is 0. The molecule has 0 fully saturated rings. The summed E-state index contributed by atoms with van der Waals surface area (Å²) in [4.78, 5) is 17.3. The predicted octanol–water partition coefficient (Wildman–Crippen LogP) is 3.80. The van der Waals surface area contributed by atoms with Crippen molar-refractivity contribution in [3.8, 4) is 0 Å². The summed E-state index contributed by atoms with van der Waals surface area (Å²) in [5, 5.41) is -0.283. The van der Waals surface area contributed by atoms with Gasteiger partial charge in [-0.2, -0.15) is 18.2 Å². The molecule has 11 heteroatoms. The van der Waals surface area contributed by atoms with Crippen molar-refractivity contribution in [1.82, 2.24) is 4.98 Å². The molecule has 3 aromatic rings. The number of benzene rings is 1. The van der Waals surface area contributed by atoms with Crippen molar-refractivity contribution in [2.45, 2.75) is 36.4 Å². The highest BCUT2D eigenvalue weighted by molar-refractivity contribution is 7.85. The SMILES string of the molecule is CC1CC(c2ccc(S(=O)(=O)[O-])cc2)N(C)c2nc3oc(=O)cc(C(F)(F)F)c3cc21. The lowest BCUT2D eigenvalue weighted by molar-refractivity contribution is -0.136. The van der Waals surface area contributed by atoms with Crippen molar-refractivity contribution in [1.29, 1.82) is 0 Å². The molecule has 0 saturated carbocycles. The summed E-state index contributed by atoms with van der Waals surface area (Å²) in [6.45, 7) is 1.84. The first-order chi connectivity index (χ1) is 14.4. The molecule has 1 aromatic carbocycles. The van der Waals surface area contributed by atoms with E-state index in [1.807, 2.05) is 6.92 Å². The molecular formula is C20H16F3N2O5S-. The lowest BCUT2D eigenvalue weighted by Gasteiger charge is -2.38. The van der Waals surface area contributed by atoms with E-state index in [1.165, 1.54) is 30.3 Å². The summed E-state index contributed by atoms with van der Waals surface area (Å²) in [6, 6.07) is 6.96. The van der Waals surface area contributed by atoms with Gasteiger partial charge in [0.25, 0.3) is 0 Å². The van der Waals surface area contributed by atoms with Gasteiger partial charge in [0.15, 0.2) is 0 Å². The molecule has 4 rings (SSSR count). The zero-order valence-electron chi connectivity index (χ0n) is 16.3. The van der Waals surface area contributed by atoms with Crippen molar-refractivity contribution in [2.75, 3.05) is 11.9 Å². The molecule has 0 radical (unpaired) electrons. The fourth-order valence-corrected chi connectivity index (χ4v) is 4.43. The smallest absolute Gasteiger partial charge is 0.417 e. The maximum atomic E-state index is 13.4. The molecule has 2 atom stereocenters. The van der Waals surface area contributed by atoms with E-state index in [-0.39, 0.29) is 22.2 Å². The second-order valence-electron chi connectivity index (χ2n) is 7.52. The number of hydrogen-bond acceptors (Lipinski definition) is 7. The molecule has 31 heavy (non-hydrogen) atoms. The molecule has 3 heterocycles. The highest BCUT2D eigenvalue weighted by atomic mass is 32.2. The number of hydrogen-bond donors (Lipinski definition) is 0. The van der Waals surface area contributed by atoms with E-state index in [0.717, 1.165) is 0 Å². The minimum atomic E-state index is -4.74. The standard InChI is InChI=1S/C20H17F3N2O5S/c1-10-7-16(11-3-5-12(6-4-11)31(27,28)29)25(2)18-13(10)8-14-15(20(21,22)23)9-17(26)30-19(14)24-18/h3-6,8-10,16H,7H2,1-2H3,(H,27,28,29)/p-1. The van der Waals surface area contributed by atoms with Crippen LogP contribution >= 0.6 is 0 Å². The lowest BCUT2D eigenvalue weighted by atomic mass is 9.85. The van der Waals surface area contributed by atoms with Crippen LogP contribution in [0.5, 0.6) is 0 Å². The number of anilines is 1. The van der Waals surface area contributed by atoms with Crippen LogP contribution in [0.4, 0.5) is 19.0 Å². The Balaban J connectivity index is 1.83. The van der Waals surface area contributed by atoms with E-state index in [2.05, 4.69) is 4.98 Å². The number of rotatable bonds is 2. The first kappa shape index (κ1) is 21.3. The monoisotopic (exact) mass is 453 g/mol. The third-order valence-electron chi connectivity index (χ3n) is 5.51. The van der Waals surface area contributed by atoms with Gasteiger partial charge < -0.3 is 13.9 Å². The van der Waals surface area contributed by atoms with Gasteiger partial charge >= 0.3 is 11.8 Å². The first-order valence-corrected chi connectivity index (χ1v) is 10.6. The van der Waals surface area contributed by atoms with Crippen molar-refractivity contribution >= 4 is 27.0 Å². The Morgan fingerprint density at radius 2 is 1.84 bits per heavy atom. The van der Waals surface area contributed by atoms with Gasteiger partial charge in [0.05, 0.1) is 21.9 Å². The van der Waals surface area contributed by atoms with Crippen LogP contribution in [0.15, 0.2) is 50.5 Å². The first-order valence-electron chi connectivity index (χ1n) is 9.21. The quantitative estimate of drug-likeness (QED) is 0.544. The number of fused-ring (bicyclic) bond motifs is 2. The molecular weight excluding hydrogens is 437 g/mol. The summed E-state index contributed by atoms with van der Waals surface area (Å²) in [6.07, 6.45) is -4.22. The normalized spacial score (nSPS) is 19.5. The largest absolute Gasteiger partial charge is 0.744 e. The van der Waals surface area contributed by atoms with Crippen molar-refractivity contribution < 1.29 is 30.6 Å². The minimum Gasteiger partial charge on any atom is -0.744 e. The van der Waals surface area contributed by atoms with Crippen molar-refractivity contribution in [3.05, 3.63) is 63.5 Å². The third-order valence-corrected chi connectivity index (χ3v) is 6.36. The molecule has 1 aliphatic heterocycles. The molecule has 0 aliphatic carbocycles. The van der Waals surface area contributed by atoms with Gasteiger partial charge in [-0.05, 0) is 41.7 Å². The molecule has 2 aromatic heterocycles. The maximum Gasteiger partial charge on any atom is 0.417 e. The zero-order valence-corrected chi connectivity index (χ0v) is 17.1. The van der Waals surface area contributed by atoms with Crippen LogP contribution < -0.4 is 10.5 Å². The van der Waals surface area contributed by atoms with E-state index in [0.29, 0.717) is 29.4 Å². The zero-order chi connectivity index (χ0) is 22.7. The molecule has 0 amide bonds. The summed E-state index contributed by atoms with van der Waals surface area (Å²) in [5.41, 5.74) is -1.37. The number of pyridine rings is 1. The average molecular weight is 453 g/mol. The topological polar surface area (TPSA) is 104 Å². The summed E-state index contributed by atoms with van der Waals surface area (Å²) in [5.74, 6) is 0.170. The van der Waals surface area contributed by atoms with Crippen LogP contribution in [0.3, 0.4) is 0 Å². The number of halogens is 3. The molecule has 164 valence electrons. The Morgan fingerprint density at radius 1 is 1.19 bits per heavy atom. The summed E-state index contributed by atoms with van der Waals surface area (Å²) in [7, 11) is -2.89. The van der Waals surface area contributed by atoms with Gasteiger partial charge in [-0.3, -0.25) is 0 Å². The van der Waals surface area contributed by atoms with Gasteiger partial charge in [0, 0.05) is 13.1 Å². The van der Waals surface area contributed by atoms with Gasteiger partial charge in [-0.15, -0.1) is 0 Å². The average Bonchev–Trinajstić information content (AvgIpc) is 2.67. The van der Waals surface area contributed by atoms with Crippen LogP contribution in [0.2, 0.25) is 0 Å². The van der Waals surface area contributed by atoms with E-state index < -0.39 is 33.2 Å². The van der Waals surface area contributed by atoms with Gasteiger partial charge in [-0.1, -0.05) is 19.1 Å². The molecule has 1 aliphatic rings. The summed E-state index contributed by atoms with van der Waals surface area (Å²) < 4.78 is 78.7. The van der Waals surface area contributed by atoms with Crippen LogP contribution in [0.25, 0.3) is 11.1 Å². The molecule has 0 N–H and O–H groups in total. The Kier molecular flexibility index (Phi) is 4.85. The maximum absolute atomic E-state index is 13.4. The Morgan fingerprint density at radius 3 is 2.42 bits per heavy atom. The van der Waals surface area contributed by atoms with E-state index in [4.69, 9.17) is 4.42 Å². The van der Waals surface area contributed by atoms with Crippen molar-refractivity contribution in [3.63, 3.8) is 0 Å². The van der Waals surface area contributed by atoms with E-state index >= 15 is 0 Å². The highest BCUT2D eigenvalue weighted by Crippen LogP contribution is 2.45. The minimum absolute atomic E-state index is 0.191. The Hall–Kier alpha value is -2.92. The molecule has 2 unspecified atom stereocenters. The van der Waals surface area contributed by atoms with E-state index in [9.17, 15) is 30.9 Å². The molecule has 0 saturated heterocycles. The fourth-order valence-electron chi connectivity index (χ4n) is 3.96. The van der Waals surface area contributed by atoms with Gasteiger partial charge in [0.2, 0.25) is 5.71 Å². The Labute approximate surface area is 174 Å². The number of nitrogens with zero attached hydrogens (tertiary/aromatic N) is 2. The second-order valence-corrected chi connectivity index (χ2v) is 8.90. The van der Waals surface area contributed by atoms with Gasteiger partial charge in [-0.25, -0.2) is 13.2 Å². The number of alkyl halides is 3. The second kappa shape index (κ2) is 7.06. The molecule has 7 nitrogen and oxygen atoms in total. The molecule has 0 bridgehead atoms. The van der Waals surface area contributed by atoms with E-state index in [1.54, 1.807) is 11.9 Å².